The van der Waals surface area contributed by atoms with Crippen LogP contribution in [0.4, 0.5) is 5.69 Å². The normalized spacial score (nSPS) is 12.6. The first-order valence-electron chi connectivity index (χ1n) is 8.00. The Balaban J connectivity index is 2.37. The van der Waals surface area contributed by atoms with Crippen molar-refractivity contribution in [1.82, 2.24) is 4.90 Å². The Bertz CT molecular complexity index is 665. The van der Waals surface area contributed by atoms with Gasteiger partial charge in [-0.2, -0.15) is 0 Å². The first-order chi connectivity index (χ1) is 11.1. The lowest BCUT2D eigenvalue weighted by Gasteiger charge is -2.20. The quantitative estimate of drug-likeness (QED) is 0.573. The zero-order valence-electron chi connectivity index (χ0n) is 14.7. The van der Waals surface area contributed by atoms with E-state index in [2.05, 4.69) is 54.9 Å². The number of hydrogen-bond donors (Lipinski definition) is 0. The minimum atomic E-state index is -0.0498. The summed E-state index contributed by atoms with van der Waals surface area (Å²) >= 11 is 0. The predicted molar refractivity (Wildman–Crippen MR) is 97.7 cm³/mol. The second-order valence-corrected chi connectivity index (χ2v) is 5.84. The van der Waals surface area contributed by atoms with Crippen LogP contribution >= 0.6 is 0 Å². The Morgan fingerprint density at radius 3 is 2.43 bits per heavy atom. The molecule has 0 saturated heterocycles. The van der Waals surface area contributed by atoms with Crippen LogP contribution in [0.2, 0.25) is 0 Å². The molecule has 2 rings (SSSR count). The number of aryl methyl sites for hydroxylation is 2. The summed E-state index contributed by atoms with van der Waals surface area (Å²) < 4.78 is 5.77. The molecule has 0 aliphatic rings. The lowest BCUT2D eigenvalue weighted by Crippen LogP contribution is -2.14. The number of aliphatic imine (C=N–C) groups is 1. The minimum absolute atomic E-state index is 0.0498. The van der Waals surface area contributed by atoms with Gasteiger partial charge in [0.2, 0.25) is 0 Å². The summed E-state index contributed by atoms with van der Waals surface area (Å²) in [7, 11) is 3.78. The van der Waals surface area contributed by atoms with E-state index in [1.165, 1.54) is 16.7 Å². The van der Waals surface area contributed by atoms with Crippen molar-refractivity contribution in [1.29, 1.82) is 0 Å². The first-order valence-corrected chi connectivity index (χ1v) is 8.00. The number of rotatable bonds is 6. The Morgan fingerprint density at radius 1 is 1.13 bits per heavy atom. The van der Waals surface area contributed by atoms with Crippen molar-refractivity contribution in [2.24, 2.45) is 4.99 Å². The standard InChI is InChI=1S/C20H26N2O/c1-6-22(4)14-21-19-13-15(2)18(12-16(19)3)20(23-5)17-10-8-7-9-11-17/h7-14,20H,6H2,1-5H3. The molecule has 0 fully saturated rings. The number of ether oxygens (including phenoxy) is 1. The van der Waals surface area contributed by atoms with Crippen LogP contribution < -0.4 is 0 Å². The molecule has 3 nitrogen and oxygen atoms in total. The number of hydrogen-bond acceptors (Lipinski definition) is 2. The second-order valence-electron chi connectivity index (χ2n) is 5.84. The van der Waals surface area contributed by atoms with Crippen LogP contribution in [-0.2, 0) is 4.74 Å². The largest absolute Gasteiger partial charge is 0.372 e. The third-order valence-corrected chi connectivity index (χ3v) is 4.10. The second kappa shape index (κ2) is 7.93. The average Bonchev–Trinajstić information content (AvgIpc) is 2.57. The minimum Gasteiger partial charge on any atom is -0.372 e. The molecule has 3 heteroatoms. The molecule has 2 aromatic rings. The topological polar surface area (TPSA) is 24.8 Å². The van der Waals surface area contributed by atoms with Crippen LogP contribution in [0, 0.1) is 13.8 Å². The van der Waals surface area contributed by atoms with Gasteiger partial charge in [0.1, 0.15) is 6.10 Å². The Labute approximate surface area is 139 Å². The van der Waals surface area contributed by atoms with E-state index in [4.69, 9.17) is 4.74 Å². The Kier molecular flexibility index (Phi) is 5.94. The van der Waals surface area contributed by atoms with Gasteiger partial charge in [-0.25, -0.2) is 4.99 Å². The fourth-order valence-corrected chi connectivity index (χ4v) is 2.56. The van der Waals surface area contributed by atoms with Gasteiger partial charge in [-0.05, 0) is 49.1 Å². The summed E-state index contributed by atoms with van der Waals surface area (Å²) in [6.45, 7) is 7.27. The number of methoxy groups -OCH3 is 1. The SMILES string of the molecule is CCN(C)C=Nc1cc(C)c(C(OC)c2ccccc2)cc1C. The molecule has 2 aromatic carbocycles. The zero-order chi connectivity index (χ0) is 16.8. The molecular weight excluding hydrogens is 284 g/mol. The molecule has 0 heterocycles. The molecule has 0 N–H and O–H groups in total. The maximum atomic E-state index is 5.77. The molecule has 1 unspecified atom stereocenters. The predicted octanol–water partition coefficient (Wildman–Crippen LogP) is 4.65. The third-order valence-electron chi connectivity index (χ3n) is 4.10. The first kappa shape index (κ1) is 17.2. The van der Waals surface area contributed by atoms with Crippen LogP contribution in [-0.4, -0.2) is 31.9 Å². The van der Waals surface area contributed by atoms with E-state index in [1.807, 2.05) is 31.6 Å². The molecule has 0 bridgehead atoms. The lowest BCUT2D eigenvalue weighted by atomic mass is 9.95. The van der Waals surface area contributed by atoms with Crippen molar-refractivity contribution in [3.05, 3.63) is 64.7 Å². The van der Waals surface area contributed by atoms with E-state index in [0.717, 1.165) is 17.8 Å². The molecule has 0 amide bonds. The van der Waals surface area contributed by atoms with E-state index >= 15 is 0 Å². The maximum Gasteiger partial charge on any atom is 0.107 e. The molecule has 1 atom stereocenters. The molecular formula is C20H26N2O. The molecule has 0 spiro atoms. The van der Waals surface area contributed by atoms with E-state index in [1.54, 1.807) is 7.11 Å². The van der Waals surface area contributed by atoms with Crippen molar-refractivity contribution >= 4 is 12.0 Å². The van der Waals surface area contributed by atoms with E-state index in [9.17, 15) is 0 Å². The molecule has 23 heavy (non-hydrogen) atoms. The highest BCUT2D eigenvalue weighted by Crippen LogP contribution is 2.32. The fourth-order valence-electron chi connectivity index (χ4n) is 2.56. The van der Waals surface area contributed by atoms with Crippen molar-refractivity contribution in [2.45, 2.75) is 26.9 Å². The smallest absolute Gasteiger partial charge is 0.107 e. The van der Waals surface area contributed by atoms with Gasteiger partial charge in [0, 0.05) is 20.7 Å². The van der Waals surface area contributed by atoms with Crippen LogP contribution in [0.15, 0.2) is 47.5 Å². The van der Waals surface area contributed by atoms with Gasteiger partial charge in [0.25, 0.3) is 0 Å². The van der Waals surface area contributed by atoms with Crippen molar-refractivity contribution < 1.29 is 4.74 Å². The summed E-state index contributed by atoms with van der Waals surface area (Å²) in [5.74, 6) is 0. The maximum absolute atomic E-state index is 5.77. The highest BCUT2D eigenvalue weighted by molar-refractivity contribution is 5.64. The number of nitrogens with zero attached hydrogens (tertiary/aromatic N) is 2. The Hall–Kier alpha value is -2.13. The summed E-state index contributed by atoms with van der Waals surface area (Å²) in [5.41, 5.74) is 5.72. The van der Waals surface area contributed by atoms with Gasteiger partial charge >= 0.3 is 0 Å². The van der Waals surface area contributed by atoms with Crippen molar-refractivity contribution in [3.8, 4) is 0 Å². The van der Waals surface area contributed by atoms with Gasteiger partial charge in [-0.3, -0.25) is 0 Å². The van der Waals surface area contributed by atoms with Gasteiger partial charge in [0.05, 0.1) is 12.0 Å². The fraction of sp³-hybridized carbons (Fsp3) is 0.350. The monoisotopic (exact) mass is 310 g/mol. The molecule has 122 valence electrons. The summed E-state index contributed by atoms with van der Waals surface area (Å²) in [6, 6.07) is 14.6. The van der Waals surface area contributed by atoms with Crippen LogP contribution in [0.1, 0.15) is 35.3 Å². The van der Waals surface area contributed by atoms with Crippen LogP contribution in [0.5, 0.6) is 0 Å². The molecule has 0 aliphatic heterocycles. The Morgan fingerprint density at radius 2 is 1.83 bits per heavy atom. The third kappa shape index (κ3) is 4.20. The van der Waals surface area contributed by atoms with Gasteiger partial charge in [-0.15, -0.1) is 0 Å². The summed E-state index contributed by atoms with van der Waals surface area (Å²) in [5, 5.41) is 0. The summed E-state index contributed by atoms with van der Waals surface area (Å²) in [4.78, 5) is 6.66. The lowest BCUT2D eigenvalue weighted by molar-refractivity contribution is 0.136. The molecule has 0 radical (unpaired) electrons. The van der Waals surface area contributed by atoms with Crippen LogP contribution in [0.3, 0.4) is 0 Å². The van der Waals surface area contributed by atoms with E-state index < -0.39 is 0 Å². The molecule has 0 saturated carbocycles. The van der Waals surface area contributed by atoms with Crippen molar-refractivity contribution in [2.75, 3.05) is 20.7 Å². The van der Waals surface area contributed by atoms with Crippen molar-refractivity contribution in [3.63, 3.8) is 0 Å². The average molecular weight is 310 g/mol. The van der Waals surface area contributed by atoms with E-state index in [-0.39, 0.29) is 6.10 Å². The summed E-state index contributed by atoms with van der Waals surface area (Å²) in [6.07, 6.45) is 1.83. The molecule has 0 aromatic heterocycles. The number of benzene rings is 2. The highest BCUT2D eigenvalue weighted by Gasteiger charge is 2.16. The van der Waals surface area contributed by atoms with Crippen LogP contribution in [0.25, 0.3) is 0 Å². The van der Waals surface area contributed by atoms with Gasteiger partial charge < -0.3 is 9.64 Å². The van der Waals surface area contributed by atoms with Gasteiger partial charge in [-0.1, -0.05) is 36.4 Å². The van der Waals surface area contributed by atoms with E-state index in [0.29, 0.717) is 0 Å². The highest BCUT2D eigenvalue weighted by atomic mass is 16.5. The molecule has 0 aliphatic carbocycles. The van der Waals surface area contributed by atoms with Gasteiger partial charge in [0.15, 0.2) is 0 Å². The zero-order valence-corrected chi connectivity index (χ0v) is 14.7.